The third-order valence-corrected chi connectivity index (χ3v) is 4.32. The molecular weight excluding hydrogens is 312 g/mol. The Balaban J connectivity index is 1.67. The summed E-state index contributed by atoms with van der Waals surface area (Å²) in [6.45, 7) is 5.78. The quantitative estimate of drug-likeness (QED) is 0.908. The van der Waals surface area contributed by atoms with Crippen molar-refractivity contribution >= 4 is 29.0 Å². The van der Waals surface area contributed by atoms with Crippen LogP contribution in [0.3, 0.4) is 0 Å². The van der Waals surface area contributed by atoms with E-state index >= 15 is 0 Å². The minimum absolute atomic E-state index is 0.188. The van der Waals surface area contributed by atoms with Crippen LogP contribution < -0.4 is 15.5 Å². The third-order valence-electron chi connectivity index (χ3n) is 3.89. The zero-order chi connectivity index (χ0) is 16.2. The fourth-order valence-corrected chi connectivity index (χ4v) is 2.66. The van der Waals surface area contributed by atoms with Crippen LogP contribution in [0.4, 0.5) is 11.5 Å². The van der Waals surface area contributed by atoms with E-state index in [4.69, 9.17) is 11.6 Å². The minimum atomic E-state index is -0.188. The van der Waals surface area contributed by atoms with Crippen molar-refractivity contribution in [2.45, 2.75) is 6.92 Å². The van der Waals surface area contributed by atoms with E-state index in [9.17, 15) is 4.79 Å². The van der Waals surface area contributed by atoms with Crippen molar-refractivity contribution in [1.82, 2.24) is 10.3 Å². The molecular formula is C17H19ClN4O. The Morgan fingerprint density at radius 3 is 2.70 bits per heavy atom. The summed E-state index contributed by atoms with van der Waals surface area (Å²) in [5, 5.41) is 6.78. The molecule has 0 bridgehead atoms. The van der Waals surface area contributed by atoms with E-state index < -0.39 is 0 Å². The highest BCUT2D eigenvalue weighted by molar-refractivity contribution is 6.31. The first-order valence-electron chi connectivity index (χ1n) is 7.63. The van der Waals surface area contributed by atoms with Gasteiger partial charge in [0.2, 0.25) is 0 Å². The summed E-state index contributed by atoms with van der Waals surface area (Å²) in [7, 11) is 0. The van der Waals surface area contributed by atoms with Crippen LogP contribution >= 0.6 is 11.6 Å². The van der Waals surface area contributed by atoms with Gasteiger partial charge in [-0.2, -0.15) is 0 Å². The predicted octanol–water partition coefficient (Wildman–Crippen LogP) is 2.71. The molecule has 1 amide bonds. The number of anilines is 2. The second-order valence-corrected chi connectivity index (χ2v) is 5.96. The second-order valence-electron chi connectivity index (χ2n) is 5.56. The van der Waals surface area contributed by atoms with Gasteiger partial charge in [-0.1, -0.05) is 11.6 Å². The molecule has 1 aromatic heterocycles. The average molecular weight is 331 g/mol. The number of hydrogen-bond acceptors (Lipinski definition) is 4. The van der Waals surface area contributed by atoms with Crippen LogP contribution in [0, 0.1) is 6.92 Å². The van der Waals surface area contributed by atoms with Crippen molar-refractivity contribution in [3.63, 3.8) is 0 Å². The van der Waals surface area contributed by atoms with Crippen molar-refractivity contribution in [3.8, 4) is 0 Å². The van der Waals surface area contributed by atoms with Gasteiger partial charge in [-0.25, -0.2) is 4.98 Å². The van der Waals surface area contributed by atoms with E-state index in [0.29, 0.717) is 16.4 Å². The highest BCUT2D eigenvalue weighted by Gasteiger charge is 2.12. The number of carbonyl (C=O) groups excluding carboxylic acids is 1. The molecule has 0 aliphatic carbocycles. The lowest BCUT2D eigenvalue weighted by atomic mass is 10.1. The van der Waals surface area contributed by atoms with Gasteiger partial charge in [-0.15, -0.1) is 0 Å². The summed E-state index contributed by atoms with van der Waals surface area (Å²) in [6.07, 6.45) is 1.80. The van der Waals surface area contributed by atoms with Crippen LogP contribution in [0.15, 0.2) is 36.5 Å². The predicted molar refractivity (Wildman–Crippen MR) is 93.5 cm³/mol. The number of carbonyl (C=O) groups is 1. The maximum atomic E-state index is 12.3. The van der Waals surface area contributed by atoms with Crippen LogP contribution in [0.5, 0.6) is 0 Å². The number of rotatable bonds is 3. The number of amides is 1. The number of aromatic nitrogens is 1. The summed E-state index contributed by atoms with van der Waals surface area (Å²) in [6, 6.07) is 9.03. The normalized spacial score (nSPS) is 14.6. The van der Waals surface area contributed by atoms with Gasteiger partial charge in [-0.3, -0.25) is 4.79 Å². The molecule has 0 saturated carbocycles. The number of benzene rings is 1. The minimum Gasteiger partial charge on any atom is -0.368 e. The first-order chi connectivity index (χ1) is 11.1. The first kappa shape index (κ1) is 15.8. The smallest absolute Gasteiger partial charge is 0.256 e. The molecule has 2 heterocycles. The summed E-state index contributed by atoms with van der Waals surface area (Å²) in [5.74, 6) is 0.355. The molecule has 1 aromatic carbocycles. The molecule has 1 aliphatic rings. The van der Waals surface area contributed by atoms with Crippen LogP contribution in [0.2, 0.25) is 5.02 Å². The maximum absolute atomic E-state index is 12.3. The first-order valence-corrected chi connectivity index (χ1v) is 8.00. The second kappa shape index (κ2) is 6.98. The van der Waals surface area contributed by atoms with Crippen molar-refractivity contribution < 1.29 is 4.79 Å². The van der Waals surface area contributed by atoms with E-state index in [0.717, 1.165) is 37.4 Å². The molecule has 2 aromatic rings. The number of nitrogens with one attached hydrogen (secondary N) is 2. The molecule has 0 spiro atoms. The number of aryl methyl sites for hydroxylation is 1. The molecule has 1 aliphatic heterocycles. The zero-order valence-corrected chi connectivity index (χ0v) is 13.7. The van der Waals surface area contributed by atoms with Crippen LogP contribution in [-0.2, 0) is 0 Å². The van der Waals surface area contributed by atoms with Crippen LogP contribution in [-0.4, -0.2) is 37.1 Å². The van der Waals surface area contributed by atoms with Gasteiger partial charge in [0.1, 0.15) is 5.82 Å². The molecule has 5 nitrogen and oxygen atoms in total. The largest absolute Gasteiger partial charge is 0.368 e. The van der Waals surface area contributed by atoms with Gasteiger partial charge < -0.3 is 15.5 Å². The fraction of sp³-hybridized carbons (Fsp3) is 0.294. The van der Waals surface area contributed by atoms with Crippen molar-refractivity contribution in [3.05, 3.63) is 52.7 Å². The molecule has 0 unspecified atom stereocenters. The maximum Gasteiger partial charge on any atom is 0.256 e. The van der Waals surface area contributed by atoms with Gasteiger partial charge >= 0.3 is 0 Å². The van der Waals surface area contributed by atoms with Crippen LogP contribution in [0.25, 0.3) is 0 Å². The summed E-state index contributed by atoms with van der Waals surface area (Å²) in [5.41, 5.74) is 2.52. The monoisotopic (exact) mass is 330 g/mol. The summed E-state index contributed by atoms with van der Waals surface area (Å²) in [4.78, 5) is 18.9. The Hall–Kier alpha value is -2.11. The number of nitrogens with zero attached hydrogens (tertiary/aromatic N) is 2. The summed E-state index contributed by atoms with van der Waals surface area (Å²) < 4.78 is 0. The molecule has 0 radical (unpaired) electrons. The van der Waals surface area contributed by atoms with Gasteiger partial charge in [0, 0.05) is 36.8 Å². The van der Waals surface area contributed by atoms with Gasteiger partial charge in [0.05, 0.1) is 11.9 Å². The van der Waals surface area contributed by atoms with E-state index in [2.05, 4.69) is 20.5 Å². The van der Waals surface area contributed by atoms with Crippen molar-refractivity contribution in [1.29, 1.82) is 0 Å². The van der Waals surface area contributed by atoms with Gasteiger partial charge in [0.15, 0.2) is 0 Å². The topological polar surface area (TPSA) is 57.3 Å². The lowest BCUT2D eigenvalue weighted by Crippen LogP contribution is -2.43. The molecule has 1 fully saturated rings. The Morgan fingerprint density at radius 1 is 1.26 bits per heavy atom. The molecule has 120 valence electrons. The number of piperazine rings is 1. The molecule has 2 N–H and O–H groups in total. The highest BCUT2D eigenvalue weighted by atomic mass is 35.5. The van der Waals surface area contributed by atoms with Gasteiger partial charge in [0.25, 0.3) is 5.91 Å². The standard InChI is InChI=1S/C17H19ClN4O/c1-12-10-13(2-4-15(12)18)17(23)21-16-5-3-14(11-20-16)22-8-6-19-7-9-22/h2-5,10-11,19H,6-9H2,1H3,(H,20,21,23). The SMILES string of the molecule is Cc1cc(C(=O)Nc2ccc(N3CCNCC3)cn2)ccc1Cl. The summed E-state index contributed by atoms with van der Waals surface area (Å²) >= 11 is 5.98. The van der Waals surface area contributed by atoms with E-state index in [1.165, 1.54) is 0 Å². The van der Waals surface area contributed by atoms with Crippen molar-refractivity contribution in [2.75, 3.05) is 36.4 Å². The lowest BCUT2D eigenvalue weighted by Gasteiger charge is -2.29. The highest BCUT2D eigenvalue weighted by Crippen LogP contribution is 2.18. The number of halogens is 1. The Kier molecular flexibility index (Phi) is 4.79. The van der Waals surface area contributed by atoms with Gasteiger partial charge in [-0.05, 0) is 42.8 Å². The molecule has 0 atom stereocenters. The number of hydrogen-bond donors (Lipinski definition) is 2. The van der Waals surface area contributed by atoms with E-state index in [1.807, 2.05) is 19.1 Å². The lowest BCUT2D eigenvalue weighted by molar-refractivity contribution is 0.102. The Morgan fingerprint density at radius 2 is 2.04 bits per heavy atom. The zero-order valence-electron chi connectivity index (χ0n) is 13.0. The van der Waals surface area contributed by atoms with E-state index in [-0.39, 0.29) is 5.91 Å². The molecule has 1 saturated heterocycles. The number of pyridine rings is 1. The Bertz CT molecular complexity index is 696. The average Bonchev–Trinajstić information content (AvgIpc) is 2.59. The van der Waals surface area contributed by atoms with Crippen LogP contribution in [0.1, 0.15) is 15.9 Å². The third kappa shape index (κ3) is 3.81. The Labute approximate surface area is 140 Å². The molecule has 6 heteroatoms. The molecule has 23 heavy (non-hydrogen) atoms. The van der Waals surface area contributed by atoms with Crippen molar-refractivity contribution in [2.24, 2.45) is 0 Å². The fourth-order valence-electron chi connectivity index (χ4n) is 2.54. The van der Waals surface area contributed by atoms with E-state index in [1.54, 1.807) is 24.4 Å². The molecule has 3 rings (SSSR count).